The maximum Gasteiger partial charge on any atom is 0.260 e. The lowest BCUT2D eigenvalue weighted by Gasteiger charge is -2.22. The summed E-state index contributed by atoms with van der Waals surface area (Å²) in [6, 6.07) is 14.4. The Morgan fingerprint density at radius 1 is 1.03 bits per heavy atom. The third-order valence-electron chi connectivity index (χ3n) is 5.21. The molecule has 2 aromatic heterocycles. The summed E-state index contributed by atoms with van der Waals surface area (Å²) in [5.74, 6) is 2.23. The number of nitrogens with zero attached hydrogens (tertiary/aromatic N) is 3. The van der Waals surface area contributed by atoms with Crippen LogP contribution in [0.3, 0.4) is 0 Å². The second-order valence-corrected chi connectivity index (χ2v) is 8.19. The highest BCUT2D eigenvalue weighted by Gasteiger charge is 2.26. The summed E-state index contributed by atoms with van der Waals surface area (Å²) < 4.78 is 23.1. The lowest BCUT2D eigenvalue weighted by Crippen LogP contribution is -2.31. The maximum atomic E-state index is 13.7. The van der Waals surface area contributed by atoms with Gasteiger partial charge in [0.05, 0.1) is 26.5 Å². The van der Waals surface area contributed by atoms with Crippen molar-refractivity contribution in [1.29, 1.82) is 0 Å². The molecule has 5 rings (SSSR count). The summed E-state index contributed by atoms with van der Waals surface area (Å²) in [5, 5.41) is 0.512. The number of rotatable bonds is 6. The van der Waals surface area contributed by atoms with Gasteiger partial charge in [0.2, 0.25) is 0 Å². The summed E-state index contributed by atoms with van der Waals surface area (Å²) in [6.07, 6.45) is 1.70. The van der Waals surface area contributed by atoms with Gasteiger partial charge in [0.15, 0.2) is 16.6 Å². The Kier molecular flexibility index (Phi) is 5.70. The average Bonchev–Trinajstić information content (AvgIpc) is 3.32. The smallest absolute Gasteiger partial charge is 0.260 e. The van der Waals surface area contributed by atoms with Crippen molar-refractivity contribution in [2.75, 3.05) is 32.3 Å². The molecule has 2 aromatic carbocycles. The van der Waals surface area contributed by atoms with Crippen LogP contribution in [-0.2, 0) is 6.54 Å². The fraction of sp³-hybridized carbons (Fsp3) is 0.208. The minimum absolute atomic E-state index is 0.227. The number of anilines is 1. The van der Waals surface area contributed by atoms with Crippen LogP contribution < -0.4 is 23.8 Å². The molecule has 0 saturated heterocycles. The van der Waals surface area contributed by atoms with E-state index in [-0.39, 0.29) is 12.5 Å². The van der Waals surface area contributed by atoms with E-state index in [0.29, 0.717) is 52.4 Å². The molecule has 0 bridgehead atoms. The lowest BCUT2D eigenvalue weighted by atomic mass is 10.1. The lowest BCUT2D eigenvalue weighted by molar-refractivity contribution is 0.0983. The number of aromatic nitrogens is 2. The third-order valence-corrected chi connectivity index (χ3v) is 6.30. The molecule has 9 heteroatoms. The van der Waals surface area contributed by atoms with Crippen LogP contribution in [0.4, 0.5) is 5.13 Å². The van der Waals surface area contributed by atoms with Gasteiger partial charge in [-0.2, -0.15) is 0 Å². The Hall–Kier alpha value is -3.85. The highest BCUT2D eigenvalue weighted by molar-refractivity contribution is 7.22. The van der Waals surface area contributed by atoms with Gasteiger partial charge in [0.25, 0.3) is 5.91 Å². The quantitative estimate of drug-likeness (QED) is 0.421. The van der Waals surface area contributed by atoms with Gasteiger partial charge >= 0.3 is 0 Å². The van der Waals surface area contributed by atoms with Crippen LogP contribution in [0, 0.1) is 0 Å². The van der Waals surface area contributed by atoms with E-state index in [2.05, 4.69) is 4.98 Å². The second kappa shape index (κ2) is 8.95. The molecule has 0 N–H and O–H groups in total. The number of fused-ring (bicyclic) bond motifs is 2. The minimum atomic E-state index is -0.227. The van der Waals surface area contributed by atoms with Crippen molar-refractivity contribution in [2.24, 2.45) is 0 Å². The van der Waals surface area contributed by atoms with Gasteiger partial charge in [-0.05, 0) is 42.5 Å². The highest BCUT2D eigenvalue weighted by atomic mass is 32.1. The van der Waals surface area contributed by atoms with E-state index in [0.717, 1.165) is 10.4 Å². The molecule has 0 spiro atoms. The van der Waals surface area contributed by atoms with Gasteiger partial charge < -0.3 is 18.9 Å². The van der Waals surface area contributed by atoms with Crippen LogP contribution in [0.1, 0.15) is 16.1 Å². The molecular weight excluding hydrogens is 442 g/mol. The predicted octanol–water partition coefficient (Wildman–Crippen LogP) is 4.33. The van der Waals surface area contributed by atoms with E-state index in [9.17, 15) is 4.79 Å². The fourth-order valence-corrected chi connectivity index (χ4v) is 4.67. The van der Waals surface area contributed by atoms with Crippen molar-refractivity contribution in [2.45, 2.75) is 6.54 Å². The topological polar surface area (TPSA) is 83.0 Å². The molecule has 0 aliphatic carbocycles. The Balaban J connectivity index is 1.60. The SMILES string of the molecule is COc1ccc(OC)c2sc(N(Cc3ccccn3)C(=O)c3ccc4c(c3)OCCO4)nc12. The number of carbonyl (C=O) groups excluding carboxylic acids is 1. The van der Waals surface area contributed by atoms with Gasteiger partial charge in [-0.3, -0.25) is 14.7 Å². The van der Waals surface area contributed by atoms with Crippen molar-refractivity contribution < 1.29 is 23.7 Å². The molecular formula is C24H21N3O5S. The van der Waals surface area contributed by atoms with Crippen LogP contribution >= 0.6 is 11.3 Å². The summed E-state index contributed by atoms with van der Waals surface area (Å²) in [7, 11) is 3.19. The Bertz CT molecular complexity index is 1270. The van der Waals surface area contributed by atoms with E-state index >= 15 is 0 Å². The molecule has 0 fully saturated rings. The van der Waals surface area contributed by atoms with Gasteiger partial charge in [0.1, 0.15) is 34.9 Å². The van der Waals surface area contributed by atoms with Crippen LogP contribution in [0.25, 0.3) is 10.2 Å². The molecule has 1 aliphatic heterocycles. The Morgan fingerprint density at radius 2 is 1.82 bits per heavy atom. The third kappa shape index (κ3) is 4.03. The molecule has 33 heavy (non-hydrogen) atoms. The maximum absolute atomic E-state index is 13.7. The van der Waals surface area contributed by atoms with Crippen LogP contribution in [0.5, 0.6) is 23.0 Å². The number of benzene rings is 2. The molecule has 0 atom stereocenters. The number of hydrogen-bond donors (Lipinski definition) is 0. The molecule has 0 unspecified atom stereocenters. The number of ether oxygens (including phenoxy) is 4. The minimum Gasteiger partial charge on any atom is -0.495 e. The number of amides is 1. The highest BCUT2D eigenvalue weighted by Crippen LogP contribution is 2.41. The van der Waals surface area contributed by atoms with Crippen LogP contribution in [0.15, 0.2) is 54.7 Å². The predicted molar refractivity (Wildman–Crippen MR) is 125 cm³/mol. The normalized spacial score (nSPS) is 12.4. The molecule has 0 saturated carbocycles. The van der Waals surface area contributed by atoms with Crippen LogP contribution in [0.2, 0.25) is 0 Å². The van der Waals surface area contributed by atoms with Gasteiger partial charge in [-0.1, -0.05) is 17.4 Å². The molecule has 8 nitrogen and oxygen atoms in total. The number of pyridine rings is 1. The van der Waals surface area contributed by atoms with Crippen molar-refractivity contribution in [3.8, 4) is 23.0 Å². The average molecular weight is 464 g/mol. The molecule has 3 heterocycles. The number of carbonyl (C=O) groups is 1. The fourth-order valence-electron chi connectivity index (χ4n) is 3.60. The molecule has 1 amide bonds. The zero-order chi connectivity index (χ0) is 22.8. The number of hydrogen-bond acceptors (Lipinski definition) is 8. The monoisotopic (exact) mass is 463 g/mol. The second-order valence-electron chi connectivity index (χ2n) is 7.22. The molecule has 0 radical (unpaired) electrons. The van der Waals surface area contributed by atoms with E-state index in [4.69, 9.17) is 23.9 Å². The summed E-state index contributed by atoms with van der Waals surface area (Å²) in [6.45, 7) is 1.18. The van der Waals surface area contributed by atoms with E-state index in [1.165, 1.54) is 11.3 Å². The van der Waals surface area contributed by atoms with Crippen molar-refractivity contribution in [3.63, 3.8) is 0 Å². The zero-order valence-electron chi connectivity index (χ0n) is 18.1. The van der Waals surface area contributed by atoms with Gasteiger partial charge in [-0.25, -0.2) is 4.98 Å². The Labute approximate surface area is 194 Å². The van der Waals surface area contributed by atoms with Crippen LogP contribution in [-0.4, -0.2) is 43.3 Å². The van der Waals surface area contributed by atoms with E-state index in [1.54, 1.807) is 49.6 Å². The molecule has 4 aromatic rings. The van der Waals surface area contributed by atoms with E-state index < -0.39 is 0 Å². The summed E-state index contributed by atoms with van der Waals surface area (Å²) in [5.41, 5.74) is 1.84. The first-order chi connectivity index (χ1) is 16.2. The van der Waals surface area contributed by atoms with Gasteiger partial charge in [-0.15, -0.1) is 0 Å². The first-order valence-electron chi connectivity index (χ1n) is 10.3. The van der Waals surface area contributed by atoms with Crippen molar-refractivity contribution in [3.05, 3.63) is 66.0 Å². The first kappa shape index (κ1) is 21.0. The van der Waals surface area contributed by atoms with E-state index in [1.807, 2.05) is 24.3 Å². The molecule has 168 valence electrons. The summed E-state index contributed by atoms with van der Waals surface area (Å²) in [4.78, 5) is 24.5. The zero-order valence-corrected chi connectivity index (χ0v) is 18.9. The van der Waals surface area contributed by atoms with Gasteiger partial charge in [0, 0.05) is 11.8 Å². The van der Waals surface area contributed by atoms with Crippen molar-refractivity contribution in [1.82, 2.24) is 9.97 Å². The largest absolute Gasteiger partial charge is 0.495 e. The summed E-state index contributed by atoms with van der Waals surface area (Å²) >= 11 is 1.36. The Morgan fingerprint density at radius 3 is 2.58 bits per heavy atom. The number of thiazole rings is 1. The number of methoxy groups -OCH3 is 2. The standard InChI is InChI=1S/C24H21N3O5S/c1-29-18-8-9-19(30-2)22-21(18)26-24(33-22)27(14-16-5-3-4-10-25-16)23(28)15-6-7-17-20(13-15)32-12-11-31-17/h3-10,13H,11-12,14H2,1-2H3. The van der Waals surface area contributed by atoms with Crippen molar-refractivity contribution >= 4 is 32.6 Å². The first-order valence-corrected chi connectivity index (χ1v) is 11.1. The molecule has 1 aliphatic rings.